The van der Waals surface area contributed by atoms with Gasteiger partial charge in [-0.2, -0.15) is 0 Å². The molecule has 0 amide bonds. The van der Waals surface area contributed by atoms with E-state index in [4.69, 9.17) is 0 Å². The summed E-state index contributed by atoms with van der Waals surface area (Å²) in [5.41, 5.74) is 2.53. The van der Waals surface area contributed by atoms with Gasteiger partial charge in [-0.3, -0.25) is 0 Å². The molecular weight excluding hydrogens is 124 g/mol. The lowest BCUT2D eigenvalue weighted by atomic mass is 10.3. The number of aromatic nitrogens is 2. The predicted molar refractivity (Wildman–Crippen MR) is 42.0 cm³/mol. The third-order valence-electron chi connectivity index (χ3n) is 1.88. The molecule has 0 atom stereocenters. The summed E-state index contributed by atoms with van der Waals surface area (Å²) in [4.78, 5) is 4.27. The first-order chi connectivity index (χ1) is 4.79. The summed E-state index contributed by atoms with van der Waals surface area (Å²) in [6, 6.07) is 0. The van der Waals surface area contributed by atoms with Crippen LogP contribution in [0.25, 0.3) is 0 Å². The van der Waals surface area contributed by atoms with Crippen molar-refractivity contribution in [3.63, 3.8) is 0 Å². The Morgan fingerprint density at radius 3 is 2.50 bits per heavy atom. The molecule has 0 saturated heterocycles. The molecule has 0 bridgehead atoms. The van der Waals surface area contributed by atoms with Crippen LogP contribution in [0.3, 0.4) is 0 Å². The minimum absolute atomic E-state index is 1.03. The van der Waals surface area contributed by atoms with Crippen LogP contribution in [0.2, 0.25) is 0 Å². The molecular formula is C8H14N2. The normalized spacial score (nSPS) is 10.3. The SMILES string of the molecule is CCc1ncn(CC)c1C. The summed E-state index contributed by atoms with van der Waals surface area (Å²) in [5.74, 6) is 0. The van der Waals surface area contributed by atoms with Crippen molar-refractivity contribution >= 4 is 0 Å². The van der Waals surface area contributed by atoms with Gasteiger partial charge < -0.3 is 4.57 Å². The predicted octanol–water partition coefficient (Wildman–Crippen LogP) is 1.77. The highest BCUT2D eigenvalue weighted by molar-refractivity contribution is 5.10. The Balaban J connectivity index is 2.97. The largest absolute Gasteiger partial charge is 0.335 e. The molecule has 0 aliphatic heterocycles. The van der Waals surface area contributed by atoms with E-state index in [9.17, 15) is 0 Å². The number of imidazole rings is 1. The van der Waals surface area contributed by atoms with Crippen LogP contribution in [0.15, 0.2) is 6.33 Å². The zero-order chi connectivity index (χ0) is 7.56. The van der Waals surface area contributed by atoms with Crippen molar-refractivity contribution in [2.75, 3.05) is 0 Å². The average molecular weight is 138 g/mol. The first kappa shape index (κ1) is 7.32. The van der Waals surface area contributed by atoms with Gasteiger partial charge in [0.2, 0.25) is 0 Å². The highest BCUT2D eigenvalue weighted by atomic mass is 15.0. The lowest BCUT2D eigenvalue weighted by molar-refractivity contribution is 0.734. The molecule has 0 aliphatic carbocycles. The molecule has 1 aromatic heterocycles. The van der Waals surface area contributed by atoms with Gasteiger partial charge in [0.25, 0.3) is 0 Å². The summed E-state index contributed by atoms with van der Waals surface area (Å²) in [6.07, 6.45) is 2.95. The Kier molecular flexibility index (Phi) is 2.10. The molecule has 0 aliphatic rings. The van der Waals surface area contributed by atoms with E-state index in [0.717, 1.165) is 13.0 Å². The van der Waals surface area contributed by atoms with Crippen LogP contribution in [-0.2, 0) is 13.0 Å². The third-order valence-corrected chi connectivity index (χ3v) is 1.88. The van der Waals surface area contributed by atoms with Gasteiger partial charge in [0.15, 0.2) is 0 Å². The molecule has 0 radical (unpaired) electrons. The summed E-state index contributed by atoms with van der Waals surface area (Å²) < 4.78 is 2.17. The third kappa shape index (κ3) is 1.06. The molecule has 2 nitrogen and oxygen atoms in total. The number of hydrogen-bond donors (Lipinski definition) is 0. The lowest BCUT2D eigenvalue weighted by Gasteiger charge is -1.98. The van der Waals surface area contributed by atoms with Crippen LogP contribution in [0.1, 0.15) is 25.2 Å². The molecule has 10 heavy (non-hydrogen) atoms. The van der Waals surface area contributed by atoms with Crippen molar-refractivity contribution in [1.29, 1.82) is 0 Å². The van der Waals surface area contributed by atoms with Crippen LogP contribution >= 0.6 is 0 Å². The van der Waals surface area contributed by atoms with E-state index in [1.807, 2.05) is 6.33 Å². The quantitative estimate of drug-likeness (QED) is 0.609. The van der Waals surface area contributed by atoms with E-state index in [1.54, 1.807) is 0 Å². The Morgan fingerprint density at radius 1 is 1.50 bits per heavy atom. The number of aryl methyl sites for hydroxylation is 2. The maximum absolute atomic E-state index is 4.27. The standard InChI is InChI=1S/C8H14N2/c1-4-8-7(3)10(5-2)6-9-8/h6H,4-5H2,1-3H3. The van der Waals surface area contributed by atoms with Crippen molar-refractivity contribution in [1.82, 2.24) is 9.55 Å². The molecule has 2 heteroatoms. The van der Waals surface area contributed by atoms with Gasteiger partial charge in [-0.05, 0) is 20.3 Å². The monoisotopic (exact) mass is 138 g/mol. The second-order valence-electron chi connectivity index (χ2n) is 2.42. The fraction of sp³-hybridized carbons (Fsp3) is 0.625. The van der Waals surface area contributed by atoms with Gasteiger partial charge in [-0.15, -0.1) is 0 Å². The molecule has 0 saturated carbocycles. The second-order valence-corrected chi connectivity index (χ2v) is 2.42. The van der Waals surface area contributed by atoms with Gasteiger partial charge in [0.05, 0.1) is 12.0 Å². The topological polar surface area (TPSA) is 17.8 Å². The van der Waals surface area contributed by atoms with E-state index < -0.39 is 0 Å². The van der Waals surface area contributed by atoms with Crippen molar-refractivity contribution in [3.8, 4) is 0 Å². The first-order valence-electron chi connectivity index (χ1n) is 3.80. The summed E-state index contributed by atoms with van der Waals surface area (Å²) in [7, 11) is 0. The summed E-state index contributed by atoms with van der Waals surface area (Å²) in [6.45, 7) is 7.41. The van der Waals surface area contributed by atoms with E-state index >= 15 is 0 Å². The second kappa shape index (κ2) is 2.86. The number of rotatable bonds is 2. The van der Waals surface area contributed by atoms with Crippen molar-refractivity contribution in [2.24, 2.45) is 0 Å². The Morgan fingerprint density at radius 2 is 2.20 bits per heavy atom. The number of nitrogens with zero attached hydrogens (tertiary/aromatic N) is 2. The van der Waals surface area contributed by atoms with Gasteiger partial charge in [0, 0.05) is 12.2 Å². The maximum atomic E-state index is 4.27. The van der Waals surface area contributed by atoms with E-state index in [0.29, 0.717) is 0 Å². The van der Waals surface area contributed by atoms with Gasteiger partial charge in [0.1, 0.15) is 0 Å². The van der Waals surface area contributed by atoms with E-state index in [-0.39, 0.29) is 0 Å². The van der Waals surface area contributed by atoms with Crippen molar-refractivity contribution in [2.45, 2.75) is 33.7 Å². The fourth-order valence-electron chi connectivity index (χ4n) is 1.15. The molecule has 0 fully saturated rings. The summed E-state index contributed by atoms with van der Waals surface area (Å²) in [5, 5.41) is 0. The zero-order valence-electron chi connectivity index (χ0n) is 6.89. The van der Waals surface area contributed by atoms with Gasteiger partial charge >= 0.3 is 0 Å². The van der Waals surface area contributed by atoms with E-state index in [2.05, 4.69) is 30.3 Å². The highest BCUT2D eigenvalue weighted by Gasteiger charge is 2.00. The fourth-order valence-corrected chi connectivity index (χ4v) is 1.15. The van der Waals surface area contributed by atoms with Crippen LogP contribution < -0.4 is 0 Å². The van der Waals surface area contributed by atoms with Crippen molar-refractivity contribution in [3.05, 3.63) is 17.7 Å². The molecule has 56 valence electrons. The van der Waals surface area contributed by atoms with Crippen LogP contribution in [0.5, 0.6) is 0 Å². The minimum Gasteiger partial charge on any atom is -0.335 e. The smallest absolute Gasteiger partial charge is 0.0951 e. The minimum atomic E-state index is 1.03. The van der Waals surface area contributed by atoms with Crippen LogP contribution in [0, 0.1) is 6.92 Å². The van der Waals surface area contributed by atoms with Gasteiger partial charge in [-0.1, -0.05) is 6.92 Å². The molecule has 1 rings (SSSR count). The average Bonchev–Trinajstić information content (AvgIpc) is 2.30. The molecule has 0 unspecified atom stereocenters. The molecule has 1 aromatic rings. The highest BCUT2D eigenvalue weighted by Crippen LogP contribution is 2.05. The summed E-state index contributed by atoms with van der Waals surface area (Å²) >= 11 is 0. The zero-order valence-corrected chi connectivity index (χ0v) is 6.89. The Labute approximate surface area is 61.9 Å². The molecule has 1 heterocycles. The van der Waals surface area contributed by atoms with Crippen LogP contribution in [0.4, 0.5) is 0 Å². The van der Waals surface area contributed by atoms with Crippen LogP contribution in [-0.4, -0.2) is 9.55 Å². The first-order valence-corrected chi connectivity index (χ1v) is 3.80. The Hall–Kier alpha value is -0.790. The van der Waals surface area contributed by atoms with Crippen molar-refractivity contribution < 1.29 is 0 Å². The molecule has 0 aromatic carbocycles. The molecule has 0 N–H and O–H groups in total. The van der Waals surface area contributed by atoms with Gasteiger partial charge in [-0.25, -0.2) is 4.98 Å². The maximum Gasteiger partial charge on any atom is 0.0951 e. The van der Waals surface area contributed by atoms with E-state index in [1.165, 1.54) is 11.4 Å². The lowest BCUT2D eigenvalue weighted by Crippen LogP contribution is -1.95. The molecule has 0 spiro atoms. The Bertz CT molecular complexity index is 192. The number of hydrogen-bond acceptors (Lipinski definition) is 1.